The summed E-state index contributed by atoms with van der Waals surface area (Å²) in [6, 6.07) is 1.87. The molecule has 0 radical (unpaired) electrons. The zero-order valence-electron chi connectivity index (χ0n) is 11.0. The van der Waals surface area contributed by atoms with Gasteiger partial charge in [-0.25, -0.2) is 0 Å². The summed E-state index contributed by atoms with van der Waals surface area (Å²) in [5, 5.41) is 14.0. The third-order valence-corrected chi connectivity index (χ3v) is 2.06. The first-order valence-electron chi connectivity index (χ1n) is 5.55. The van der Waals surface area contributed by atoms with Crippen molar-refractivity contribution >= 4 is 5.91 Å². The predicted octanol–water partition coefficient (Wildman–Crippen LogP) is 1.43. The van der Waals surface area contributed by atoms with Crippen LogP contribution < -0.4 is 10.6 Å². The van der Waals surface area contributed by atoms with Gasteiger partial charge in [-0.15, -0.1) is 0 Å². The van der Waals surface area contributed by atoms with E-state index in [0.717, 1.165) is 6.42 Å². The van der Waals surface area contributed by atoms with Crippen LogP contribution >= 0.6 is 0 Å². The molecule has 0 saturated heterocycles. The van der Waals surface area contributed by atoms with E-state index in [1.807, 2.05) is 6.07 Å². The highest BCUT2D eigenvalue weighted by molar-refractivity contribution is 5.78. The number of nitrogens with zero attached hydrogens (tertiary/aromatic N) is 1. The monoisotopic (exact) mass is 225 g/mol. The molecule has 92 valence electrons. The van der Waals surface area contributed by atoms with Gasteiger partial charge in [0.2, 0.25) is 5.91 Å². The second-order valence-corrected chi connectivity index (χ2v) is 5.91. The molecule has 0 bridgehead atoms. The van der Waals surface area contributed by atoms with Crippen molar-refractivity contribution in [3.8, 4) is 6.07 Å². The lowest BCUT2D eigenvalue weighted by Crippen LogP contribution is -2.47. The molecule has 0 heterocycles. The maximum atomic E-state index is 11.3. The number of nitriles is 1. The normalized spacial score (nSPS) is 12.0. The van der Waals surface area contributed by atoms with Gasteiger partial charge in [-0.3, -0.25) is 4.79 Å². The van der Waals surface area contributed by atoms with E-state index in [1.165, 1.54) is 0 Å². The van der Waals surface area contributed by atoms with Crippen LogP contribution in [0.1, 0.15) is 41.0 Å². The molecule has 0 rings (SSSR count). The molecule has 0 aliphatic rings. The number of amides is 1. The molecule has 4 heteroatoms. The van der Waals surface area contributed by atoms with Crippen LogP contribution in [0.15, 0.2) is 0 Å². The molecule has 2 N–H and O–H groups in total. The van der Waals surface area contributed by atoms with Crippen molar-refractivity contribution in [3.63, 3.8) is 0 Å². The number of hydrogen-bond acceptors (Lipinski definition) is 3. The quantitative estimate of drug-likeness (QED) is 0.696. The molecule has 0 atom stereocenters. The van der Waals surface area contributed by atoms with E-state index >= 15 is 0 Å². The molecule has 0 fully saturated rings. The van der Waals surface area contributed by atoms with Crippen LogP contribution in [0.4, 0.5) is 0 Å². The highest BCUT2D eigenvalue weighted by Gasteiger charge is 2.25. The van der Waals surface area contributed by atoms with Crippen LogP contribution in [-0.2, 0) is 4.79 Å². The molecule has 0 unspecified atom stereocenters. The van der Waals surface area contributed by atoms with Gasteiger partial charge in [0.25, 0.3) is 0 Å². The number of carbonyl (C=O) groups excluding carboxylic acids is 1. The van der Waals surface area contributed by atoms with E-state index in [-0.39, 0.29) is 30.0 Å². The van der Waals surface area contributed by atoms with Crippen molar-refractivity contribution in [3.05, 3.63) is 0 Å². The van der Waals surface area contributed by atoms with E-state index in [4.69, 9.17) is 5.26 Å². The smallest absolute Gasteiger partial charge is 0.234 e. The molecule has 16 heavy (non-hydrogen) atoms. The van der Waals surface area contributed by atoms with E-state index in [0.29, 0.717) is 0 Å². The van der Waals surface area contributed by atoms with E-state index < -0.39 is 0 Å². The lowest BCUT2D eigenvalue weighted by Gasteiger charge is -2.33. The number of hydrogen-bond donors (Lipinski definition) is 2. The Kier molecular flexibility index (Phi) is 5.46. The summed E-state index contributed by atoms with van der Waals surface area (Å²) in [6.45, 7) is 11.0. The van der Waals surface area contributed by atoms with Gasteiger partial charge in [0, 0.05) is 5.54 Å². The summed E-state index contributed by atoms with van der Waals surface area (Å²) in [6.07, 6.45) is 0.978. The fraction of sp³-hybridized carbons (Fsp3) is 0.833. The molecule has 0 aliphatic heterocycles. The molecule has 0 aromatic carbocycles. The van der Waals surface area contributed by atoms with Gasteiger partial charge in [-0.1, -0.05) is 20.8 Å². The van der Waals surface area contributed by atoms with Crippen LogP contribution in [0.5, 0.6) is 0 Å². The fourth-order valence-corrected chi connectivity index (χ4v) is 1.91. The minimum absolute atomic E-state index is 0.0697. The van der Waals surface area contributed by atoms with E-state index in [2.05, 4.69) is 45.3 Å². The van der Waals surface area contributed by atoms with Crippen LogP contribution in [0, 0.1) is 16.7 Å². The molecule has 0 saturated carbocycles. The second-order valence-electron chi connectivity index (χ2n) is 5.91. The molecule has 0 aromatic rings. The van der Waals surface area contributed by atoms with Crippen molar-refractivity contribution in [2.45, 2.75) is 46.6 Å². The number of rotatable bonds is 5. The largest absolute Gasteiger partial charge is 0.342 e. The molecule has 4 nitrogen and oxygen atoms in total. The average molecular weight is 225 g/mol. The zero-order chi connectivity index (χ0) is 12.8. The Morgan fingerprint density at radius 2 is 1.81 bits per heavy atom. The average Bonchev–Trinajstić information content (AvgIpc) is 2.07. The first kappa shape index (κ1) is 14.9. The lowest BCUT2D eigenvalue weighted by molar-refractivity contribution is -0.120. The molecular weight excluding hydrogens is 202 g/mol. The summed E-state index contributed by atoms with van der Waals surface area (Å²) >= 11 is 0. The van der Waals surface area contributed by atoms with Crippen LogP contribution in [0.3, 0.4) is 0 Å². The Hall–Kier alpha value is -1.08. The molecular formula is C12H23N3O. The molecule has 0 aromatic heterocycles. The number of carbonyl (C=O) groups is 1. The van der Waals surface area contributed by atoms with Crippen LogP contribution in [-0.4, -0.2) is 24.5 Å². The topological polar surface area (TPSA) is 64.9 Å². The second kappa shape index (κ2) is 5.86. The zero-order valence-corrected chi connectivity index (χ0v) is 11.0. The minimum atomic E-state index is -0.136. The maximum absolute atomic E-state index is 11.3. The van der Waals surface area contributed by atoms with Crippen molar-refractivity contribution in [1.82, 2.24) is 10.6 Å². The van der Waals surface area contributed by atoms with Gasteiger partial charge in [-0.05, 0) is 25.7 Å². The number of nitrogens with one attached hydrogen (secondary N) is 2. The van der Waals surface area contributed by atoms with E-state index in [1.54, 1.807) is 0 Å². The van der Waals surface area contributed by atoms with Gasteiger partial charge in [0.05, 0.1) is 12.6 Å². The SMILES string of the molecule is CC(C)(C)CC(C)(C)NCC(=O)NCC#N. The summed E-state index contributed by atoms with van der Waals surface area (Å²) < 4.78 is 0. The molecule has 0 aliphatic carbocycles. The van der Waals surface area contributed by atoms with Crippen molar-refractivity contribution in [2.75, 3.05) is 13.1 Å². The summed E-state index contributed by atoms with van der Waals surface area (Å²) in [4.78, 5) is 11.3. The Balaban J connectivity index is 4.00. The lowest BCUT2D eigenvalue weighted by atomic mass is 9.82. The Morgan fingerprint density at radius 3 is 2.25 bits per heavy atom. The first-order valence-corrected chi connectivity index (χ1v) is 5.55. The van der Waals surface area contributed by atoms with Gasteiger partial charge < -0.3 is 10.6 Å². The van der Waals surface area contributed by atoms with Gasteiger partial charge in [0.1, 0.15) is 6.54 Å². The van der Waals surface area contributed by atoms with E-state index in [9.17, 15) is 4.79 Å². The fourth-order valence-electron chi connectivity index (χ4n) is 1.91. The summed E-state index contributed by atoms with van der Waals surface area (Å²) in [5.41, 5.74) is 0.141. The highest BCUT2D eigenvalue weighted by Crippen LogP contribution is 2.26. The third-order valence-electron chi connectivity index (χ3n) is 2.06. The molecule has 1 amide bonds. The van der Waals surface area contributed by atoms with Gasteiger partial charge in [-0.2, -0.15) is 5.26 Å². The molecule has 0 spiro atoms. The third kappa shape index (κ3) is 8.25. The van der Waals surface area contributed by atoms with Crippen LogP contribution in [0.25, 0.3) is 0 Å². The predicted molar refractivity (Wildman–Crippen MR) is 64.8 cm³/mol. The Morgan fingerprint density at radius 1 is 1.25 bits per heavy atom. The van der Waals surface area contributed by atoms with Crippen molar-refractivity contribution in [1.29, 1.82) is 5.26 Å². The standard InChI is InChI=1S/C12H23N3O/c1-11(2,3)9-12(4,5)15-8-10(16)14-7-6-13/h15H,7-9H2,1-5H3,(H,14,16). The first-order chi connectivity index (χ1) is 7.16. The summed E-state index contributed by atoms with van der Waals surface area (Å²) in [5.74, 6) is -0.136. The Bertz CT molecular complexity index is 271. The van der Waals surface area contributed by atoms with Crippen LogP contribution in [0.2, 0.25) is 0 Å². The summed E-state index contributed by atoms with van der Waals surface area (Å²) in [7, 11) is 0. The van der Waals surface area contributed by atoms with Crippen molar-refractivity contribution in [2.24, 2.45) is 5.41 Å². The van der Waals surface area contributed by atoms with Gasteiger partial charge in [0.15, 0.2) is 0 Å². The Labute approximate surface area is 98.4 Å². The highest BCUT2D eigenvalue weighted by atomic mass is 16.1. The van der Waals surface area contributed by atoms with Gasteiger partial charge >= 0.3 is 0 Å². The maximum Gasteiger partial charge on any atom is 0.234 e. The minimum Gasteiger partial charge on any atom is -0.342 e. The van der Waals surface area contributed by atoms with Crippen molar-refractivity contribution < 1.29 is 4.79 Å².